The first kappa shape index (κ1) is 38.2. The highest BCUT2D eigenvalue weighted by atomic mass is 32.2. The lowest BCUT2D eigenvalue weighted by Crippen LogP contribution is -2.46. The van der Waals surface area contributed by atoms with Crippen molar-refractivity contribution >= 4 is 69.4 Å². The number of Topliss-reactive ketones (excluding diaryl/α,β-unsaturated/α-hetero) is 1. The lowest BCUT2D eigenvalue weighted by molar-refractivity contribution is -0.140. The van der Waals surface area contributed by atoms with Crippen LogP contribution in [0.25, 0.3) is 17.2 Å². The van der Waals surface area contributed by atoms with Crippen LogP contribution in [-0.2, 0) is 25.3 Å². The number of halogens is 4. The van der Waals surface area contributed by atoms with E-state index >= 15 is 0 Å². The smallest absolute Gasteiger partial charge is 0.419 e. The second-order valence-corrected chi connectivity index (χ2v) is 15.7. The summed E-state index contributed by atoms with van der Waals surface area (Å²) in [6, 6.07) is 3.49. The highest BCUT2D eigenvalue weighted by Gasteiger charge is 2.35. The molecule has 0 spiro atoms. The zero-order valence-corrected chi connectivity index (χ0v) is 29.3. The number of amides is 3. The fraction of sp³-hybridized carbons (Fsp3) is 0.469. The molecule has 256 valence electrons. The predicted molar refractivity (Wildman–Crippen MR) is 179 cm³/mol. The monoisotopic (exact) mass is 715 g/mol. The number of ketones is 1. The van der Waals surface area contributed by atoms with E-state index in [0.29, 0.717) is 10.4 Å². The molecular weight excluding hydrogens is 679 g/mol. The zero-order chi connectivity index (χ0) is 35.3. The summed E-state index contributed by atoms with van der Waals surface area (Å²) >= 11 is 7.57. The largest absolute Gasteiger partial charge is 0.444 e. The van der Waals surface area contributed by atoms with E-state index in [2.05, 4.69) is 10.6 Å². The number of ether oxygens (including phenoxy) is 1. The van der Waals surface area contributed by atoms with E-state index in [4.69, 9.17) is 17.0 Å². The van der Waals surface area contributed by atoms with Crippen molar-refractivity contribution in [3.8, 4) is 11.1 Å². The van der Waals surface area contributed by atoms with Gasteiger partial charge in [-0.2, -0.15) is 13.2 Å². The van der Waals surface area contributed by atoms with Crippen molar-refractivity contribution < 1.29 is 41.5 Å². The molecule has 1 atom stereocenters. The van der Waals surface area contributed by atoms with Gasteiger partial charge in [-0.25, -0.2) is 9.18 Å². The van der Waals surface area contributed by atoms with Crippen molar-refractivity contribution in [2.45, 2.75) is 78.6 Å². The number of carbonyl (C=O) groups is 4. The van der Waals surface area contributed by atoms with Gasteiger partial charge in [0.05, 0.1) is 16.5 Å². The minimum absolute atomic E-state index is 0.00186. The number of benzene rings is 1. The van der Waals surface area contributed by atoms with Gasteiger partial charge in [0.2, 0.25) is 5.91 Å². The quantitative estimate of drug-likeness (QED) is 0.141. The second kappa shape index (κ2) is 15.3. The summed E-state index contributed by atoms with van der Waals surface area (Å²) in [5.74, 6) is -2.36. The first-order valence-electron chi connectivity index (χ1n) is 14.6. The minimum Gasteiger partial charge on any atom is -0.444 e. The van der Waals surface area contributed by atoms with Gasteiger partial charge in [-0.15, -0.1) is 11.3 Å². The molecule has 2 N–H and O–H groups in total. The molecule has 1 saturated heterocycles. The Hall–Kier alpha value is -3.30. The number of nitrogens with one attached hydrogen (secondary N) is 2. The van der Waals surface area contributed by atoms with Gasteiger partial charge >= 0.3 is 12.3 Å². The number of carbonyl (C=O) groups excluding carboxylic acids is 4. The number of hydrogen-bond acceptors (Lipinski definition) is 8. The molecule has 0 radical (unpaired) electrons. The molecule has 0 unspecified atom stereocenters. The number of alkyl carbamates (subject to hydrolysis) is 1. The highest BCUT2D eigenvalue weighted by Crippen LogP contribution is 2.37. The maximum absolute atomic E-state index is 13.7. The maximum atomic E-state index is 13.7. The Morgan fingerprint density at radius 1 is 1.06 bits per heavy atom. The number of alkyl halides is 3. The normalized spacial score (nSPS) is 15.6. The van der Waals surface area contributed by atoms with E-state index < -0.39 is 41.2 Å². The Morgan fingerprint density at radius 3 is 2.36 bits per heavy atom. The fourth-order valence-electron chi connectivity index (χ4n) is 4.39. The van der Waals surface area contributed by atoms with E-state index in [1.165, 1.54) is 22.3 Å². The Bertz CT molecular complexity index is 1560. The molecule has 1 aliphatic rings. The Labute approximate surface area is 284 Å². The second-order valence-electron chi connectivity index (χ2n) is 13.1. The van der Waals surface area contributed by atoms with E-state index in [1.807, 2.05) is 20.8 Å². The maximum Gasteiger partial charge on any atom is 0.419 e. The molecule has 2 aromatic rings. The number of nitrogens with zero attached hydrogens (tertiary/aromatic N) is 1. The van der Waals surface area contributed by atoms with Gasteiger partial charge in [0.25, 0.3) is 5.91 Å². The molecule has 0 saturated carbocycles. The minimum atomic E-state index is -4.84. The van der Waals surface area contributed by atoms with Crippen molar-refractivity contribution in [2.75, 3.05) is 13.1 Å². The average molecular weight is 716 g/mol. The number of thiophene rings is 1. The first-order chi connectivity index (χ1) is 21.6. The fourth-order valence-corrected chi connectivity index (χ4v) is 6.61. The van der Waals surface area contributed by atoms with Gasteiger partial charge < -0.3 is 15.4 Å². The van der Waals surface area contributed by atoms with Gasteiger partial charge in [-0.05, 0) is 73.4 Å². The highest BCUT2D eigenvalue weighted by molar-refractivity contribution is 8.26. The summed E-state index contributed by atoms with van der Waals surface area (Å²) in [4.78, 5) is 53.1. The van der Waals surface area contributed by atoms with Crippen LogP contribution in [0.3, 0.4) is 0 Å². The zero-order valence-electron chi connectivity index (χ0n) is 26.8. The molecule has 1 fully saturated rings. The number of rotatable bonds is 11. The predicted octanol–water partition coefficient (Wildman–Crippen LogP) is 7.57. The van der Waals surface area contributed by atoms with Gasteiger partial charge in [0, 0.05) is 30.8 Å². The van der Waals surface area contributed by atoms with Crippen LogP contribution < -0.4 is 10.6 Å². The molecule has 1 aromatic carbocycles. The summed E-state index contributed by atoms with van der Waals surface area (Å²) in [5.41, 5.74) is -1.81. The van der Waals surface area contributed by atoms with Gasteiger partial charge in [0.15, 0.2) is 5.78 Å². The molecule has 1 aliphatic heterocycles. The summed E-state index contributed by atoms with van der Waals surface area (Å²) in [5, 5.41) is 6.92. The number of hydrogen-bond donors (Lipinski definition) is 2. The lowest BCUT2D eigenvalue weighted by atomic mass is 9.87. The van der Waals surface area contributed by atoms with Crippen LogP contribution in [0, 0.1) is 11.2 Å². The van der Waals surface area contributed by atoms with Crippen molar-refractivity contribution in [3.63, 3.8) is 0 Å². The van der Waals surface area contributed by atoms with E-state index in [0.717, 1.165) is 23.9 Å². The molecular formula is C32H37F4N3O5S3. The molecule has 0 bridgehead atoms. The lowest BCUT2D eigenvalue weighted by Gasteiger charge is -2.25. The van der Waals surface area contributed by atoms with E-state index in [-0.39, 0.29) is 64.2 Å². The van der Waals surface area contributed by atoms with Crippen LogP contribution in [-0.4, -0.2) is 57.6 Å². The topological polar surface area (TPSA) is 105 Å². The van der Waals surface area contributed by atoms with Crippen molar-refractivity contribution in [2.24, 2.45) is 5.41 Å². The molecule has 2 heterocycles. The van der Waals surface area contributed by atoms with Crippen molar-refractivity contribution in [1.82, 2.24) is 15.5 Å². The standard InChI is InChI=1S/C32H37F4N3O5S3/c1-30(2,3)16-24(40)23(38-28(43)44-31(4,5)6)9-11-37-26(41)10-12-39-27(42)25(47-29(39)45)15-20-13-19(17-46-20)18-7-8-22(33)21(14-18)32(34,35)36/h7-8,13-15,17,23H,9-12,16H2,1-6H3,(H,37,41)(H,38,43)/t23-/m0/s1. The first-order valence-corrected chi connectivity index (χ1v) is 16.7. The van der Waals surface area contributed by atoms with Gasteiger partial charge in [-0.1, -0.05) is 50.8 Å². The number of thiocarbonyl (C=S) groups is 1. The molecule has 0 aliphatic carbocycles. The van der Waals surface area contributed by atoms with E-state index in [1.54, 1.807) is 38.3 Å². The van der Waals surface area contributed by atoms with Gasteiger partial charge in [-0.3, -0.25) is 19.3 Å². The third-order valence-electron chi connectivity index (χ3n) is 6.47. The third kappa shape index (κ3) is 11.7. The summed E-state index contributed by atoms with van der Waals surface area (Å²) < 4.78 is 58.7. The molecule has 1 aromatic heterocycles. The average Bonchev–Trinajstić information content (AvgIpc) is 3.48. The summed E-state index contributed by atoms with van der Waals surface area (Å²) in [6.45, 7) is 10.9. The molecule has 3 amide bonds. The van der Waals surface area contributed by atoms with Crippen LogP contribution in [0.5, 0.6) is 0 Å². The molecule has 8 nitrogen and oxygen atoms in total. The van der Waals surface area contributed by atoms with Crippen LogP contribution >= 0.6 is 35.3 Å². The molecule has 3 rings (SSSR count). The van der Waals surface area contributed by atoms with Crippen LogP contribution in [0.1, 0.15) is 71.2 Å². The van der Waals surface area contributed by atoms with Crippen LogP contribution in [0.2, 0.25) is 0 Å². The molecule has 47 heavy (non-hydrogen) atoms. The Kier molecular flexibility index (Phi) is 12.4. The third-order valence-corrected chi connectivity index (χ3v) is 8.73. The summed E-state index contributed by atoms with van der Waals surface area (Å²) in [7, 11) is 0. The summed E-state index contributed by atoms with van der Waals surface area (Å²) in [6.07, 6.45) is -3.73. The Balaban J connectivity index is 1.57. The Morgan fingerprint density at radius 2 is 1.74 bits per heavy atom. The van der Waals surface area contributed by atoms with E-state index in [9.17, 15) is 36.7 Å². The van der Waals surface area contributed by atoms with Crippen molar-refractivity contribution in [3.05, 3.63) is 50.8 Å². The van der Waals surface area contributed by atoms with Crippen molar-refractivity contribution in [1.29, 1.82) is 0 Å². The SMILES string of the molecule is CC(C)(C)CC(=O)[C@H](CCNC(=O)CCN1C(=O)C(=Cc2cc(-c3ccc(F)c(C(F)(F)F)c3)cs2)SC1=S)NC(=O)OC(C)(C)C. The molecule has 15 heteroatoms. The van der Waals surface area contributed by atoms with Crippen LogP contribution in [0.4, 0.5) is 22.4 Å². The van der Waals surface area contributed by atoms with Crippen LogP contribution in [0.15, 0.2) is 34.6 Å². The van der Waals surface area contributed by atoms with Gasteiger partial charge in [0.1, 0.15) is 15.7 Å². The number of thioether (sulfide) groups is 1.